The van der Waals surface area contributed by atoms with Crippen molar-refractivity contribution in [2.75, 3.05) is 6.61 Å². The van der Waals surface area contributed by atoms with Gasteiger partial charge in [-0.2, -0.15) is 5.10 Å². The number of hydrogen-bond acceptors (Lipinski definition) is 3. The van der Waals surface area contributed by atoms with Gasteiger partial charge in [0.2, 0.25) is 5.78 Å². The fourth-order valence-corrected chi connectivity index (χ4v) is 3.66. The first-order valence-corrected chi connectivity index (χ1v) is 8.85. The SMILES string of the molecule is CCCn1ncc(Br)c1C(=O)C(OCC)C1CCCCC1. The molecule has 0 bridgehead atoms. The maximum absolute atomic E-state index is 13.0. The maximum Gasteiger partial charge on any atom is 0.210 e. The van der Waals surface area contributed by atoms with Gasteiger partial charge in [0, 0.05) is 13.2 Å². The third-order valence-corrected chi connectivity index (χ3v) is 4.73. The Morgan fingerprint density at radius 2 is 2.14 bits per heavy atom. The van der Waals surface area contributed by atoms with E-state index in [-0.39, 0.29) is 11.9 Å². The standard InChI is InChI=1S/C16H25BrN2O2/c1-3-10-19-14(13(17)11-18-19)15(20)16(21-4-2)12-8-6-5-7-9-12/h11-12,16H,3-10H2,1-2H3. The molecule has 0 aliphatic heterocycles. The molecule has 1 saturated carbocycles. The zero-order chi connectivity index (χ0) is 15.2. The van der Waals surface area contributed by atoms with E-state index >= 15 is 0 Å². The second kappa shape index (κ2) is 8.08. The first-order valence-electron chi connectivity index (χ1n) is 8.06. The monoisotopic (exact) mass is 356 g/mol. The van der Waals surface area contributed by atoms with Gasteiger partial charge < -0.3 is 4.74 Å². The van der Waals surface area contributed by atoms with Crippen LogP contribution in [0.25, 0.3) is 0 Å². The molecule has 1 unspecified atom stereocenters. The Hall–Kier alpha value is -0.680. The van der Waals surface area contributed by atoms with Crippen LogP contribution in [-0.4, -0.2) is 28.3 Å². The Morgan fingerprint density at radius 3 is 2.76 bits per heavy atom. The Bertz CT molecular complexity index is 467. The predicted octanol–water partition coefficient (Wildman–Crippen LogP) is 4.22. The van der Waals surface area contributed by atoms with Crippen molar-refractivity contribution in [1.29, 1.82) is 0 Å². The summed E-state index contributed by atoms with van der Waals surface area (Å²) in [6.45, 7) is 5.38. The lowest BCUT2D eigenvalue weighted by atomic mass is 9.83. The summed E-state index contributed by atoms with van der Waals surface area (Å²) < 4.78 is 8.43. The van der Waals surface area contributed by atoms with Gasteiger partial charge in [-0.15, -0.1) is 0 Å². The highest BCUT2D eigenvalue weighted by Crippen LogP contribution is 2.31. The van der Waals surface area contributed by atoms with Gasteiger partial charge in [-0.25, -0.2) is 0 Å². The number of halogens is 1. The number of aryl methyl sites for hydroxylation is 1. The van der Waals surface area contributed by atoms with E-state index in [0.29, 0.717) is 18.2 Å². The molecule has 1 aromatic heterocycles. The van der Waals surface area contributed by atoms with Crippen LogP contribution < -0.4 is 0 Å². The molecule has 4 nitrogen and oxygen atoms in total. The highest BCUT2D eigenvalue weighted by molar-refractivity contribution is 9.10. The zero-order valence-corrected chi connectivity index (χ0v) is 14.6. The molecule has 1 aliphatic carbocycles. The second-order valence-corrected chi connectivity index (χ2v) is 6.56. The lowest BCUT2D eigenvalue weighted by Gasteiger charge is -2.29. The summed E-state index contributed by atoms with van der Waals surface area (Å²) in [5.41, 5.74) is 0.667. The van der Waals surface area contributed by atoms with Crippen LogP contribution in [0.15, 0.2) is 10.7 Å². The maximum atomic E-state index is 13.0. The predicted molar refractivity (Wildman–Crippen MR) is 86.5 cm³/mol. The van der Waals surface area contributed by atoms with E-state index in [1.807, 2.05) is 6.92 Å². The molecule has 0 saturated heterocycles. The molecule has 0 spiro atoms. The van der Waals surface area contributed by atoms with Crippen molar-refractivity contribution < 1.29 is 9.53 Å². The van der Waals surface area contributed by atoms with Crippen LogP contribution in [0.4, 0.5) is 0 Å². The van der Waals surface area contributed by atoms with E-state index in [2.05, 4.69) is 28.0 Å². The van der Waals surface area contributed by atoms with Crippen LogP contribution in [0, 0.1) is 5.92 Å². The third-order valence-electron chi connectivity index (χ3n) is 4.15. The number of aromatic nitrogens is 2. The smallest absolute Gasteiger partial charge is 0.210 e. The van der Waals surface area contributed by atoms with Gasteiger partial charge in [-0.05, 0) is 48.0 Å². The summed E-state index contributed by atoms with van der Waals surface area (Å²) in [4.78, 5) is 13.0. The minimum Gasteiger partial charge on any atom is -0.370 e. The third kappa shape index (κ3) is 3.95. The van der Waals surface area contributed by atoms with E-state index < -0.39 is 0 Å². The average molecular weight is 357 g/mol. The molecule has 1 aliphatic rings. The van der Waals surface area contributed by atoms with Gasteiger partial charge in [0.25, 0.3) is 0 Å². The van der Waals surface area contributed by atoms with Gasteiger partial charge in [0.15, 0.2) is 0 Å². The number of ether oxygens (including phenoxy) is 1. The molecule has 2 rings (SSSR count). The van der Waals surface area contributed by atoms with E-state index in [4.69, 9.17) is 4.74 Å². The topological polar surface area (TPSA) is 44.1 Å². The molecule has 1 fully saturated rings. The number of carbonyl (C=O) groups excluding carboxylic acids is 1. The Kier molecular flexibility index (Phi) is 6.42. The zero-order valence-electron chi connectivity index (χ0n) is 13.0. The highest BCUT2D eigenvalue weighted by atomic mass is 79.9. The molecular formula is C16H25BrN2O2. The molecule has 0 amide bonds. The van der Waals surface area contributed by atoms with Crippen molar-refractivity contribution in [1.82, 2.24) is 9.78 Å². The Balaban J connectivity index is 2.23. The van der Waals surface area contributed by atoms with Gasteiger partial charge in [0.1, 0.15) is 11.8 Å². The number of Topliss-reactive ketones (excluding diaryl/α,β-unsaturated/α-hetero) is 1. The van der Waals surface area contributed by atoms with Crippen molar-refractivity contribution in [3.05, 3.63) is 16.4 Å². The highest BCUT2D eigenvalue weighted by Gasteiger charge is 2.33. The summed E-state index contributed by atoms with van der Waals surface area (Å²) in [5, 5.41) is 4.31. The van der Waals surface area contributed by atoms with Crippen molar-refractivity contribution in [2.24, 2.45) is 5.92 Å². The van der Waals surface area contributed by atoms with E-state index in [9.17, 15) is 4.79 Å². The van der Waals surface area contributed by atoms with Crippen LogP contribution in [0.5, 0.6) is 0 Å². The van der Waals surface area contributed by atoms with Gasteiger partial charge in [-0.3, -0.25) is 9.48 Å². The lowest BCUT2D eigenvalue weighted by molar-refractivity contribution is 0.0118. The first-order chi connectivity index (χ1) is 10.2. The van der Waals surface area contributed by atoms with Gasteiger partial charge in [0.05, 0.1) is 10.7 Å². The summed E-state index contributed by atoms with van der Waals surface area (Å²) in [6.07, 6.45) is 8.23. The summed E-state index contributed by atoms with van der Waals surface area (Å²) >= 11 is 3.47. The molecule has 5 heteroatoms. The van der Waals surface area contributed by atoms with Crippen molar-refractivity contribution in [3.8, 4) is 0 Å². The van der Waals surface area contributed by atoms with Crippen LogP contribution in [0.1, 0.15) is 62.9 Å². The molecule has 1 aromatic rings. The van der Waals surface area contributed by atoms with Crippen molar-refractivity contribution >= 4 is 21.7 Å². The first kappa shape index (κ1) is 16.7. The molecule has 0 aromatic carbocycles. The van der Waals surface area contributed by atoms with E-state index in [1.54, 1.807) is 10.9 Å². The number of ketones is 1. The lowest BCUT2D eigenvalue weighted by Crippen LogP contribution is -2.35. The summed E-state index contributed by atoms with van der Waals surface area (Å²) in [6, 6.07) is 0. The van der Waals surface area contributed by atoms with Crippen LogP contribution in [0.3, 0.4) is 0 Å². The fraction of sp³-hybridized carbons (Fsp3) is 0.750. The fourth-order valence-electron chi connectivity index (χ4n) is 3.17. The van der Waals surface area contributed by atoms with E-state index in [1.165, 1.54) is 19.3 Å². The largest absolute Gasteiger partial charge is 0.370 e. The van der Waals surface area contributed by atoms with Crippen LogP contribution >= 0.6 is 15.9 Å². The number of rotatable bonds is 7. The molecular weight excluding hydrogens is 332 g/mol. The number of hydrogen-bond donors (Lipinski definition) is 0. The molecule has 118 valence electrons. The summed E-state index contributed by atoms with van der Waals surface area (Å²) in [7, 11) is 0. The van der Waals surface area contributed by atoms with Gasteiger partial charge >= 0.3 is 0 Å². The van der Waals surface area contributed by atoms with Crippen LogP contribution in [0.2, 0.25) is 0 Å². The van der Waals surface area contributed by atoms with Crippen LogP contribution in [-0.2, 0) is 11.3 Å². The molecule has 1 heterocycles. The van der Waals surface area contributed by atoms with E-state index in [0.717, 1.165) is 30.3 Å². The molecule has 0 radical (unpaired) electrons. The number of carbonyl (C=O) groups is 1. The minimum atomic E-state index is -0.320. The average Bonchev–Trinajstić information content (AvgIpc) is 2.86. The van der Waals surface area contributed by atoms with Crippen molar-refractivity contribution in [3.63, 3.8) is 0 Å². The quantitative estimate of drug-likeness (QED) is 0.686. The Labute approximate surface area is 135 Å². The summed E-state index contributed by atoms with van der Waals surface area (Å²) in [5.74, 6) is 0.435. The Morgan fingerprint density at radius 1 is 1.43 bits per heavy atom. The molecule has 0 N–H and O–H groups in total. The number of nitrogens with zero attached hydrogens (tertiary/aromatic N) is 2. The van der Waals surface area contributed by atoms with Crippen molar-refractivity contribution in [2.45, 2.75) is 65.0 Å². The second-order valence-electron chi connectivity index (χ2n) is 5.70. The molecule has 21 heavy (non-hydrogen) atoms. The minimum absolute atomic E-state index is 0.0848. The normalized spacial score (nSPS) is 17.9. The van der Waals surface area contributed by atoms with Gasteiger partial charge in [-0.1, -0.05) is 26.2 Å². The molecule has 1 atom stereocenters.